The van der Waals surface area contributed by atoms with E-state index in [0.717, 1.165) is 45.8 Å². The summed E-state index contributed by atoms with van der Waals surface area (Å²) in [6.07, 6.45) is 5.84. The molecule has 1 atom stereocenters. The minimum Gasteiger partial charge on any atom is -0.484 e. The van der Waals surface area contributed by atoms with Gasteiger partial charge < -0.3 is 15.0 Å². The van der Waals surface area contributed by atoms with E-state index in [0.29, 0.717) is 18.7 Å². The Hall–Kier alpha value is -2.64. The summed E-state index contributed by atoms with van der Waals surface area (Å²) in [4.78, 5) is 29.1. The maximum Gasteiger partial charge on any atom is 0.261 e. The summed E-state index contributed by atoms with van der Waals surface area (Å²) in [5, 5.41) is 3.26. The molecule has 0 bridgehead atoms. The molecule has 0 aliphatic heterocycles. The van der Waals surface area contributed by atoms with Crippen molar-refractivity contribution in [3.05, 3.63) is 98.9 Å². The lowest BCUT2D eigenvalue weighted by Crippen LogP contribution is -2.53. The Balaban J connectivity index is 1.60. The van der Waals surface area contributed by atoms with Gasteiger partial charge in [-0.15, -0.1) is 0 Å². The molecule has 5 nitrogen and oxygen atoms in total. The average Bonchev–Trinajstić information content (AvgIpc) is 2.91. The molecule has 0 heterocycles. The summed E-state index contributed by atoms with van der Waals surface area (Å²) >= 11 is 6.95. The van der Waals surface area contributed by atoms with Crippen molar-refractivity contribution in [2.45, 2.75) is 57.2 Å². The Labute approximate surface area is 235 Å². The minimum atomic E-state index is -0.663. The molecule has 4 rings (SSSR count). The highest BCUT2D eigenvalue weighted by Gasteiger charge is 2.32. The second-order valence-electron chi connectivity index (χ2n) is 9.44. The van der Waals surface area contributed by atoms with Crippen LogP contribution >= 0.6 is 31.9 Å². The number of nitrogens with zero attached hydrogens (tertiary/aromatic N) is 1. The fourth-order valence-corrected chi connectivity index (χ4v) is 5.40. The largest absolute Gasteiger partial charge is 0.484 e. The monoisotopic (exact) mass is 626 g/mol. The number of rotatable bonds is 10. The van der Waals surface area contributed by atoms with Crippen molar-refractivity contribution in [3.8, 4) is 5.75 Å². The highest BCUT2D eigenvalue weighted by Crippen LogP contribution is 2.21. The van der Waals surface area contributed by atoms with Gasteiger partial charge in [0.25, 0.3) is 5.91 Å². The molecule has 2 amide bonds. The molecule has 1 fully saturated rings. The molecule has 0 aromatic heterocycles. The van der Waals surface area contributed by atoms with Gasteiger partial charge >= 0.3 is 0 Å². The lowest BCUT2D eigenvalue weighted by molar-refractivity contribution is -0.143. The zero-order chi connectivity index (χ0) is 26.0. The lowest BCUT2D eigenvalue weighted by Gasteiger charge is -2.33. The van der Waals surface area contributed by atoms with Crippen LogP contribution in [0.2, 0.25) is 0 Å². The van der Waals surface area contributed by atoms with Crippen molar-refractivity contribution >= 4 is 43.7 Å². The third kappa shape index (κ3) is 8.44. The third-order valence-electron chi connectivity index (χ3n) is 6.64. The van der Waals surface area contributed by atoms with Crippen molar-refractivity contribution in [3.63, 3.8) is 0 Å². The van der Waals surface area contributed by atoms with E-state index in [2.05, 4.69) is 37.2 Å². The fourth-order valence-electron chi connectivity index (χ4n) is 4.69. The number of halogens is 2. The van der Waals surface area contributed by atoms with Gasteiger partial charge in [0.05, 0.1) is 0 Å². The van der Waals surface area contributed by atoms with Gasteiger partial charge in [0.15, 0.2) is 6.61 Å². The quantitative estimate of drug-likeness (QED) is 0.273. The SMILES string of the molecule is O=C(NC1CCCCC1)C(Cc1ccccc1)N(Cc1cccc(Br)c1)C(=O)COc1ccc(Br)cc1. The summed E-state index contributed by atoms with van der Waals surface area (Å²) in [6, 6.07) is 24.6. The number of carbonyl (C=O) groups is 2. The maximum absolute atomic E-state index is 13.8. The first-order valence-corrected chi connectivity index (χ1v) is 14.3. The topological polar surface area (TPSA) is 58.6 Å². The van der Waals surface area contributed by atoms with Gasteiger partial charge in [-0.1, -0.05) is 93.6 Å². The first-order valence-electron chi connectivity index (χ1n) is 12.7. The van der Waals surface area contributed by atoms with Crippen LogP contribution < -0.4 is 10.1 Å². The zero-order valence-electron chi connectivity index (χ0n) is 20.7. The van der Waals surface area contributed by atoms with E-state index in [1.54, 1.807) is 4.90 Å². The van der Waals surface area contributed by atoms with E-state index in [1.807, 2.05) is 78.9 Å². The second kappa shape index (κ2) is 13.8. The van der Waals surface area contributed by atoms with Crippen molar-refractivity contribution < 1.29 is 14.3 Å². The molecule has 7 heteroatoms. The van der Waals surface area contributed by atoms with Crippen LogP contribution in [0.5, 0.6) is 5.75 Å². The number of ether oxygens (including phenoxy) is 1. The maximum atomic E-state index is 13.8. The molecular weight excluding hydrogens is 596 g/mol. The van der Waals surface area contributed by atoms with Gasteiger partial charge in [0.1, 0.15) is 11.8 Å². The molecular formula is C30H32Br2N2O3. The minimum absolute atomic E-state index is 0.109. The molecule has 37 heavy (non-hydrogen) atoms. The first-order chi connectivity index (χ1) is 18.0. The van der Waals surface area contributed by atoms with Crippen molar-refractivity contribution in [1.82, 2.24) is 10.2 Å². The molecule has 1 unspecified atom stereocenters. The van der Waals surface area contributed by atoms with Gasteiger partial charge in [-0.25, -0.2) is 0 Å². The molecule has 1 aliphatic carbocycles. The van der Waals surface area contributed by atoms with Crippen molar-refractivity contribution in [2.24, 2.45) is 0 Å². The van der Waals surface area contributed by atoms with Crippen LogP contribution in [0.15, 0.2) is 87.8 Å². The van der Waals surface area contributed by atoms with Gasteiger partial charge in [-0.2, -0.15) is 0 Å². The Morgan fingerprint density at radius 2 is 1.57 bits per heavy atom. The normalized spacial score (nSPS) is 14.5. The molecule has 3 aromatic carbocycles. The molecule has 1 N–H and O–H groups in total. The van der Waals surface area contributed by atoms with E-state index in [9.17, 15) is 9.59 Å². The van der Waals surface area contributed by atoms with Crippen molar-refractivity contribution in [1.29, 1.82) is 0 Å². The Morgan fingerprint density at radius 1 is 0.865 bits per heavy atom. The highest BCUT2D eigenvalue weighted by molar-refractivity contribution is 9.10. The number of hydrogen-bond acceptors (Lipinski definition) is 3. The first kappa shape index (κ1) is 27.4. The predicted octanol–water partition coefficient (Wildman–Crippen LogP) is 6.68. The summed E-state index contributed by atoms with van der Waals surface area (Å²) in [5.41, 5.74) is 1.95. The third-order valence-corrected chi connectivity index (χ3v) is 7.66. The summed E-state index contributed by atoms with van der Waals surface area (Å²) in [7, 11) is 0. The van der Waals surface area contributed by atoms with Gasteiger partial charge in [0.2, 0.25) is 5.91 Å². The molecule has 3 aromatic rings. The Kier molecular flexibility index (Phi) is 10.2. The van der Waals surface area contributed by atoms with Crippen LogP contribution in [0.4, 0.5) is 0 Å². The highest BCUT2D eigenvalue weighted by atomic mass is 79.9. The summed E-state index contributed by atoms with van der Waals surface area (Å²) in [5.74, 6) is 0.260. The summed E-state index contributed by atoms with van der Waals surface area (Å²) < 4.78 is 7.70. The average molecular weight is 628 g/mol. The Bertz CT molecular complexity index is 1160. The fraction of sp³-hybridized carbons (Fsp3) is 0.333. The lowest BCUT2D eigenvalue weighted by atomic mass is 9.94. The number of hydrogen-bond donors (Lipinski definition) is 1. The van der Waals surface area contributed by atoms with E-state index < -0.39 is 6.04 Å². The smallest absolute Gasteiger partial charge is 0.261 e. The Morgan fingerprint density at radius 3 is 2.27 bits per heavy atom. The van der Waals surface area contributed by atoms with Crippen molar-refractivity contribution in [2.75, 3.05) is 6.61 Å². The zero-order valence-corrected chi connectivity index (χ0v) is 23.9. The molecule has 0 radical (unpaired) electrons. The van der Waals surface area contributed by atoms with Crippen LogP contribution in [-0.4, -0.2) is 35.4 Å². The molecule has 1 aliphatic rings. The van der Waals surface area contributed by atoms with Gasteiger partial charge in [-0.3, -0.25) is 9.59 Å². The van der Waals surface area contributed by atoms with Crippen LogP contribution in [0.1, 0.15) is 43.2 Å². The van der Waals surface area contributed by atoms with Crippen LogP contribution in [0, 0.1) is 0 Å². The van der Waals surface area contributed by atoms with E-state index in [4.69, 9.17) is 4.74 Å². The van der Waals surface area contributed by atoms with E-state index in [-0.39, 0.29) is 24.5 Å². The molecule has 1 saturated carbocycles. The van der Waals surface area contributed by atoms with Gasteiger partial charge in [-0.05, 0) is 60.4 Å². The van der Waals surface area contributed by atoms with Crippen LogP contribution in [0.25, 0.3) is 0 Å². The van der Waals surface area contributed by atoms with Gasteiger partial charge in [0, 0.05) is 28.0 Å². The van der Waals surface area contributed by atoms with Crippen LogP contribution in [-0.2, 0) is 22.6 Å². The van der Waals surface area contributed by atoms with E-state index in [1.165, 1.54) is 6.42 Å². The number of amides is 2. The summed E-state index contributed by atoms with van der Waals surface area (Å²) in [6.45, 7) is 0.148. The molecule has 0 spiro atoms. The second-order valence-corrected chi connectivity index (χ2v) is 11.3. The van der Waals surface area contributed by atoms with Crippen LogP contribution in [0.3, 0.4) is 0 Å². The number of carbonyl (C=O) groups excluding carboxylic acids is 2. The standard InChI is InChI=1S/C30H32Br2N2O3/c31-24-14-16-27(17-15-24)37-21-29(35)34(20-23-10-7-11-25(32)18-23)28(19-22-8-3-1-4-9-22)30(36)33-26-12-5-2-6-13-26/h1,3-4,7-11,14-18,26,28H,2,5-6,12-13,19-21H2,(H,33,36). The molecule has 194 valence electrons. The molecule has 0 saturated heterocycles. The number of nitrogens with one attached hydrogen (secondary N) is 1. The number of benzene rings is 3. The van der Waals surface area contributed by atoms with E-state index >= 15 is 0 Å². The predicted molar refractivity (Wildman–Crippen MR) is 153 cm³/mol.